The number of hydrogen-bond donors (Lipinski definition) is 1. The lowest BCUT2D eigenvalue weighted by Gasteiger charge is -2.14. The average molecular weight is 259 g/mol. The molecule has 2 rings (SSSR count). The van der Waals surface area contributed by atoms with E-state index in [9.17, 15) is 9.90 Å². The number of benzene rings is 1. The number of carboxylic acids is 1. The molecule has 3 nitrogen and oxygen atoms in total. The van der Waals surface area contributed by atoms with E-state index in [1.807, 2.05) is 7.05 Å². The first-order valence-electron chi connectivity index (χ1n) is 6.69. The van der Waals surface area contributed by atoms with Gasteiger partial charge in [-0.2, -0.15) is 0 Å². The molecule has 0 unspecified atom stereocenters. The fraction of sp³-hybridized carbons (Fsp3) is 0.438. The lowest BCUT2D eigenvalue weighted by atomic mass is 9.93. The first kappa shape index (κ1) is 13.7. The molecule has 0 aliphatic rings. The summed E-state index contributed by atoms with van der Waals surface area (Å²) in [6.07, 6.45) is 0. The van der Waals surface area contributed by atoms with E-state index in [1.54, 1.807) is 10.6 Å². The Labute approximate surface area is 113 Å². The van der Waals surface area contributed by atoms with Crippen LogP contribution in [-0.4, -0.2) is 15.6 Å². The molecule has 0 spiro atoms. The number of rotatable bonds is 3. The number of aryl methyl sites for hydroxylation is 1. The van der Waals surface area contributed by atoms with Crippen LogP contribution in [-0.2, 0) is 7.05 Å². The van der Waals surface area contributed by atoms with E-state index in [4.69, 9.17) is 0 Å². The molecule has 1 aromatic heterocycles. The molecule has 0 atom stereocenters. The maximum atomic E-state index is 11.3. The second kappa shape index (κ2) is 4.72. The largest absolute Gasteiger partial charge is 0.477 e. The fourth-order valence-electron chi connectivity index (χ4n) is 2.54. The number of carbonyl (C=O) groups is 1. The van der Waals surface area contributed by atoms with Crippen molar-refractivity contribution in [2.24, 2.45) is 7.05 Å². The molecule has 3 heteroatoms. The maximum Gasteiger partial charge on any atom is 0.352 e. The van der Waals surface area contributed by atoms with Gasteiger partial charge >= 0.3 is 5.97 Å². The standard InChI is InChI=1S/C16H21NO2/c1-9(2)11-6-12-8-14(16(18)19)17(5)15(12)13(7-11)10(3)4/h6-10H,1-5H3,(H,18,19). The van der Waals surface area contributed by atoms with Gasteiger partial charge < -0.3 is 9.67 Å². The lowest BCUT2D eigenvalue weighted by Crippen LogP contribution is -2.05. The maximum absolute atomic E-state index is 11.3. The van der Waals surface area contributed by atoms with Crippen LogP contribution in [0.1, 0.15) is 61.1 Å². The van der Waals surface area contributed by atoms with E-state index in [2.05, 4.69) is 39.8 Å². The summed E-state index contributed by atoms with van der Waals surface area (Å²) in [5.41, 5.74) is 3.87. The van der Waals surface area contributed by atoms with Crippen LogP contribution in [0, 0.1) is 0 Å². The van der Waals surface area contributed by atoms with Crippen molar-refractivity contribution in [2.45, 2.75) is 39.5 Å². The SMILES string of the molecule is CC(C)c1cc(C(C)C)c2c(c1)cc(C(=O)O)n2C. The third-order valence-corrected chi connectivity index (χ3v) is 3.69. The smallest absolute Gasteiger partial charge is 0.352 e. The predicted octanol–water partition coefficient (Wildman–Crippen LogP) is 4.12. The van der Waals surface area contributed by atoms with Crippen molar-refractivity contribution in [3.63, 3.8) is 0 Å². The van der Waals surface area contributed by atoms with E-state index in [0.717, 1.165) is 10.9 Å². The van der Waals surface area contributed by atoms with E-state index in [0.29, 0.717) is 17.5 Å². The minimum absolute atomic E-state index is 0.345. The second-order valence-corrected chi connectivity index (χ2v) is 5.75. The zero-order chi connectivity index (χ0) is 14.3. The molecule has 2 aromatic rings. The number of hydrogen-bond acceptors (Lipinski definition) is 1. The number of aromatic carboxylic acids is 1. The Morgan fingerprint density at radius 2 is 1.74 bits per heavy atom. The number of nitrogens with zero attached hydrogens (tertiary/aromatic N) is 1. The highest BCUT2D eigenvalue weighted by molar-refractivity contribution is 5.96. The van der Waals surface area contributed by atoms with Gasteiger partial charge in [-0.05, 0) is 35.1 Å². The zero-order valence-corrected chi connectivity index (χ0v) is 12.2. The van der Waals surface area contributed by atoms with Gasteiger partial charge in [0.15, 0.2) is 0 Å². The molecule has 0 saturated heterocycles. The Hall–Kier alpha value is -1.77. The van der Waals surface area contributed by atoms with Crippen LogP contribution in [0.3, 0.4) is 0 Å². The summed E-state index contributed by atoms with van der Waals surface area (Å²) in [6.45, 7) is 8.61. The quantitative estimate of drug-likeness (QED) is 0.900. The van der Waals surface area contributed by atoms with Crippen LogP contribution in [0.25, 0.3) is 10.9 Å². The van der Waals surface area contributed by atoms with Gasteiger partial charge in [0.05, 0.1) is 5.52 Å². The Kier molecular flexibility index (Phi) is 3.40. The molecule has 0 saturated carbocycles. The van der Waals surface area contributed by atoms with Gasteiger partial charge in [-0.15, -0.1) is 0 Å². The molecule has 0 amide bonds. The summed E-state index contributed by atoms with van der Waals surface area (Å²) in [6, 6.07) is 6.09. The van der Waals surface area contributed by atoms with Crippen LogP contribution in [0.2, 0.25) is 0 Å². The molecule has 1 aromatic carbocycles. The molecule has 1 heterocycles. The Bertz CT molecular complexity index is 636. The summed E-state index contributed by atoms with van der Waals surface area (Å²) < 4.78 is 1.79. The fourth-order valence-corrected chi connectivity index (χ4v) is 2.54. The molecule has 1 N–H and O–H groups in total. The minimum atomic E-state index is -0.875. The van der Waals surface area contributed by atoms with Gasteiger partial charge in [0.2, 0.25) is 0 Å². The monoisotopic (exact) mass is 259 g/mol. The van der Waals surface area contributed by atoms with Gasteiger partial charge in [0, 0.05) is 12.4 Å². The highest BCUT2D eigenvalue weighted by atomic mass is 16.4. The van der Waals surface area contributed by atoms with Crippen LogP contribution in [0.5, 0.6) is 0 Å². The predicted molar refractivity (Wildman–Crippen MR) is 78.1 cm³/mol. The van der Waals surface area contributed by atoms with Crippen molar-refractivity contribution in [3.05, 3.63) is 35.0 Å². The Morgan fingerprint density at radius 3 is 2.21 bits per heavy atom. The van der Waals surface area contributed by atoms with Crippen LogP contribution in [0.15, 0.2) is 18.2 Å². The lowest BCUT2D eigenvalue weighted by molar-refractivity contribution is 0.0687. The topological polar surface area (TPSA) is 42.2 Å². The first-order chi connectivity index (χ1) is 8.82. The van der Waals surface area contributed by atoms with Crippen molar-refractivity contribution < 1.29 is 9.90 Å². The molecule has 0 aliphatic carbocycles. The van der Waals surface area contributed by atoms with Crippen molar-refractivity contribution >= 4 is 16.9 Å². The molecular weight excluding hydrogens is 238 g/mol. The van der Waals surface area contributed by atoms with E-state index in [-0.39, 0.29) is 0 Å². The second-order valence-electron chi connectivity index (χ2n) is 5.75. The van der Waals surface area contributed by atoms with Gasteiger partial charge in [0.1, 0.15) is 5.69 Å². The summed E-state index contributed by atoms with van der Waals surface area (Å²) in [5, 5.41) is 10.3. The summed E-state index contributed by atoms with van der Waals surface area (Å²) in [5.74, 6) is -0.0636. The normalized spacial score (nSPS) is 11.7. The molecule has 102 valence electrons. The van der Waals surface area contributed by atoms with Crippen molar-refractivity contribution in [1.29, 1.82) is 0 Å². The van der Waals surface area contributed by atoms with Crippen molar-refractivity contribution in [3.8, 4) is 0 Å². The van der Waals surface area contributed by atoms with Crippen LogP contribution in [0.4, 0.5) is 0 Å². The molecule has 0 radical (unpaired) electrons. The van der Waals surface area contributed by atoms with Gasteiger partial charge in [-0.3, -0.25) is 0 Å². The van der Waals surface area contributed by atoms with E-state index in [1.165, 1.54) is 11.1 Å². The van der Waals surface area contributed by atoms with Gasteiger partial charge in [0.25, 0.3) is 0 Å². The van der Waals surface area contributed by atoms with Crippen molar-refractivity contribution in [2.75, 3.05) is 0 Å². The minimum Gasteiger partial charge on any atom is -0.477 e. The molecule has 0 bridgehead atoms. The van der Waals surface area contributed by atoms with Crippen LogP contribution < -0.4 is 0 Å². The molecule has 0 fully saturated rings. The molecule has 0 aliphatic heterocycles. The van der Waals surface area contributed by atoms with Crippen molar-refractivity contribution in [1.82, 2.24) is 4.57 Å². The third kappa shape index (κ3) is 2.25. The summed E-state index contributed by atoms with van der Waals surface area (Å²) in [4.78, 5) is 11.3. The number of fused-ring (bicyclic) bond motifs is 1. The van der Waals surface area contributed by atoms with Gasteiger partial charge in [-0.1, -0.05) is 33.8 Å². The average Bonchev–Trinajstić information content (AvgIpc) is 2.65. The van der Waals surface area contributed by atoms with Crippen LogP contribution >= 0.6 is 0 Å². The summed E-state index contributed by atoms with van der Waals surface area (Å²) in [7, 11) is 1.83. The highest BCUT2D eigenvalue weighted by Crippen LogP contribution is 2.31. The molecular formula is C16H21NO2. The van der Waals surface area contributed by atoms with Gasteiger partial charge in [-0.25, -0.2) is 4.79 Å². The number of aromatic nitrogens is 1. The number of carboxylic acid groups (broad SMARTS) is 1. The molecule has 19 heavy (non-hydrogen) atoms. The van der Waals surface area contributed by atoms with E-state index >= 15 is 0 Å². The Balaban J connectivity index is 2.84. The third-order valence-electron chi connectivity index (χ3n) is 3.69. The van der Waals surface area contributed by atoms with E-state index < -0.39 is 5.97 Å². The Morgan fingerprint density at radius 1 is 1.11 bits per heavy atom. The zero-order valence-electron chi connectivity index (χ0n) is 12.2. The highest BCUT2D eigenvalue weighted by Gasteiger charge is 2.17. The summed E-state index contributed by atoms with van der Waals surface area (Å²) >= 11 is 0. The first-order valence-corrected chi connectivity index (χ1v) is 6.69.